The number of rotatable bonds is 5. The molecule has 0 fully saturated rings. The molecule has 0 bridgehead atoms. The monoisotopic (exact) mass is 304 g/mol. The Morgan fingerprint density at radius 3 is 2.55 bits per heavy atom. The van der Waals surface area contributed by atoms with E-state index in [-0.39, 0.29) is 5.54 Å². The highest BCUT2D eigenvalue weighted by Gasteiger charge is 2.26. The Morgan fingerprint density at radius 1 is 1.18 bits per heavy atom. The van der Waals surface area contributed by atoms with E-state index in [0.29, 0.717) is 6.04 Å². The first-order valence-corrected chi connectivity index (χ1v) is 8.42. The van der Waals surface area contributed by atoms with Gasteiger partial charge in [0, 0.05) is 24.7 Å². The van der Waals surface area contributed by atoms with Crippen LogP contribution in [-0.2, 0) is 6.42 Å². The Labute approximate surface area is 136 Å². The molecule has 1 aliphatic rings. The van der Waals surface area contributed by atoms with Crippen LogP contribution in [0.1, 0.15) is 50.8 Å². The number of ether oxygens (including phenoxy) is 1. The molecule has 0 aromatic heterocycles. The molecule has 1 unspecified atom stereocenters. The van der Waals surface area contributed by atoms with Gasteiger partial charge in [0.1, 0.15) is 5.75 Å². The molecule has 0 N–H and O–H groups in total. The summed E-state index contributed by atoms with van der Waals surface area (Å²) in [5.74, 6) is 1.06. The molecule has 1 aromatic carbocycles. The molecule has 0 radical (unpaired) electrons. The third-order valence-electron chi connectivity index (χ3n) is 5.12. The predicted molar refractivity (Wildman–Crippen MR) is 93.7 cm³/mol. The lowest BCUT2D eigenvalue weighted by molar-refractivity contribution is 0.133. The molecule has 0 saturated carbocycles. The van der Waals surface area contributed by atoms with Crippen LogP contribution in [0.15, 0.2) is 18.2 Å². The number of methoxy groups -OCH3 is 1. The first-order valence-electron chi connectivity index (χ1n) is 8.42. The molecule has 1 aromatic rings. The van der Waals surface area contributed by atoms with Crippen molar-refractivity contribution in [1.82, 2.24) is 9.80 Å². The summed E-state index contributed by atoms with van der Waals surface area (Å²) in [4.78, 5) is 4.94. The topological polar surface area (TPSA) is 15.7 Å². The summed E-state index contributed by atoms with van der Waals surface area (Å²) < 4.78 is 5.56. The molecule has 3 nitrogen and oxygen atoms in total. The van der Waals surface area contributed by atoms with Gasteiger partial charge in [-0.05, 0) is 71.3 Å². The van der Waals surface area contributed by atoms with Crippen LogP contribution < -0.4 is 4.74 Å². The molecule has 1 aliphatic carbocycles. The van der Waals surface area contributed by atoms with E-state index in [0.717, 1.165) is 25.3 Å². The summed E-state index contributed by atoms with van der Waals surface area (Å²) in [5.41, 5.74) is 3.11. The van der Waals surface area contributed by atoms with Crippen LogP contribution in [0.25, 0.3) is 0 Å². The summed E-state index contributed by atoms with van der Waals surface area (Å²) in [5, 5.41) is 0. The zero-order chi connectivity index (χ0) is 16.3. The summed E-state index contributed by atoms with van der Waals surface area (Å²) in [6.07, 6.45) is 3.64. The molecule has 0 saturated heterocycles. The van der Waals surface area contributed by atoms with Gasteiger partial charge in [-0.25, -0.2) is 0 Å². The number of benzene rings is 1. The van der Waals surface area contributed by atoms with Gasteiger partial charge in [-0.3, -0.25) is 4.90 Å². The Bertz CT molecular complexity index is 493. The van der Waals surface area contributed by atoms with E-state index >= 15 is 0 Å². The van der Waals surface area contributed by atoms with Crippen molar-refractivity contribution < 1.29 is 4.74 Å². The maximum atomic E-state index is 5.56. The van der Waals surface area contributed by atoms with E-state index in [1.54, 1.807) is 7.11 Å². The van der Waals surface area contributed by atoms with Crippen molar-refractivity contribution in [3.8, 4) is 5.75 Å². The summed E-state index contributed by atoms with van der Waals surface area (Å²) in [6.45, 7) is 9.00. The van der Waals surface area contributed by atoms with E-state index in [1.807, 2.05) is 0 Å². The number of hydrogen-bond acceptors (Lipinski definition) is 3. The quantitative estimate of drug-likeness (QED) is 0.824. The van der Waals surface area contributed by atoms with Gasteiger partial charge < -0.3 is 9.64 Å². The van der Waals surface area contributed by atoms with Crippen molar-refractivity contribution >= 4 is 0 Å². The lowest BCUT2D eigenvalue weighted by atomic mass is 9.86. The first kappa shape index (κ1) is 17.3. The number of nitrogens with zero attached hydrogens (tertiary/aromatic N) is 2. The predicted octanol–water partition coefficient (Wildman–Crippen LogP) is 3.73. The van der Waals surface area contributed by atoms with Crippen LogP contribution >= 0.6 is 0 Å². The molecule has 0 amide bonds. The maximum absolute atomic E-state index is 5.56. The van der Waals surface area contributed by atoms with Gasteiger partial charge in [0.05, 0.1) is 7.11 Å². The minimum atomic E-state index is 0.231. The van der Waals surface area contributed by atoms with Crippen molar-refractivity contribution in [2.45, 2.75) is 51.6 Å². The number of fused-ring (bicyclic) bond motifs is 1. The highest BCUT2D eigenvalue weighted by atomic mass is 16.5. The van der Waals surface area contributed by atoms with Crippen LogP contribution in [0, 0.1) is 0 Å². The number of hydrogen-bond donors (Lipinski definition) is 0. The first-order chi connectivity index (χ1) is 10.3. The third kappa shape index (κ3) is 3.82. The zero-order valence-electron chi connectivity index (χ0n) is 15.1. The van der Waals surface area contributed by atoms with E-state index < -0.39 is 0 Å². The average molecular weight is 304 g/mol. The minimum Gasteiger partial charge on any atom is -0.496 e. The average Bonchev–Trinajstić information content (AvgIpc) is 2.49. The third-order valence-corrected chi connectivity index (χ3v) is 5.12. The van der Waals surface area contributed by atoms with Crippen LogP contribution in [0.2, 0.25) is 0 Å². The smallest absolute Gasteiger partial charge is 0.122 e. The highest BCUT2D eigenvalue weighted by molar-refractivity contribution is 5.43. The largest absolute Gasteiger partial charge is 0.496 e. The SMILES string of the molecule is COc1cccc2c1CCCC2N(C)CCN(C)C(C)(C)C. The van der Waals surface area contributed by atoms with Crippen LogP contribution in [0.3, 0.4) is 0 Å². The second kappa shape index (κ2) is 7.01. The molecule has 1 atom stereocenters. The van der Waals surface area contributed by atoms with Gasteiger partial charge in [0.2, 0.25) is 0 Å². The summed E-state index contributed by atoms with van der Waals surface area (Å²) in [6, 6.07) is 7.03. The fourth-order valence-corrected chi connectivity index (χ4v) is 3.24. The van der Waals surface area contributed by atoms with Gasteiger partial charge in [-0.2, -0.15) is 0 Å². The van der Waals surface area contributed by atoms with Crippen LogP contribution in [0.5, 0.6) is 5.75 Å². The second-order valence-electron chi connectivity index (χ2n) is 7.51. The molecule has 0 aliphatic heterocycles. The van der Waals surface area contributed by atoms with Crippen molar-refractivity contribution in [1.29, 1.82) is 0 Å². The number of likely N-dealkylation sites (N-methyl/N-ethyl adjacent to an activating group) is 2. The van der Waals surface area contributed by atoms with Gasteiger partial charge >= 0.3 is 0 Å². The lowest BCUT2D eigenvalue weighted by Gasteiger charge is -2.37. The Kier molecular flexibility index (Phi) is 5.51. The Balaban J connectivity index is 2.08. The van der Waals surface area contributed by atoms with Gasteiger partial charge in [0.25, 0.3) is 0 Å². The second-order valence-corrected chi connectivity index (χ2v) is 7.51. The lowest BCUT2D eigenvalue weighted by Crippen LogP contribution is -2.43. The molecular weight excluding hydrogens is 272 g/mol. The standard InChI is InChI=1S/C19H32N2O/c1-19(2,3)21(5)14-13-20(4)17-11-7-10-16-15(17)9-8-12-18(16)22-6/h8-9,12,17H,7,10-11,13-14H2,1-6H3. The van der Waals surface area contributed by atoms with Crippen LogP contribution in [-0.4, -0.2) is 49.6 Å². The highest BCUT2D eigenvalue weighted by Crippen LogP contribution is 2.37. The summed E-state index contributed by atoms with van der Waals surface area (Å²) >= 11 is 0. The summed E-state index contributed by atoms with van der Waals surface area (Å²) in [7, 11) is 6.25. The van der Waals surface area contributed by atoms with Crippen molar-refractivity contribution in [2.24, 2.45) is 0 Å². The van der Waals surface area contributed by atoms with Crippen molar-refractivity contribution in [3.05, 3.63) is 29.3 Å². The van der Waals surface area contributed by atoms with Gasteiger partial charge in [-0.1, -0.05) is 12.1 Å². The maximum Gasteiger partial charge on any atom is 0.122 e. The molecule has 3 heteroatoms. The van der Waals surface area contributed by atoms with E-state index in [4.69, 9.17) is 4.74 Å². The fraction of sp³-hybridized carbons (Fsp3) is 0.684. The normalized spacial score (nSPS) is 18.6. The van der Waals surface area contributed by atoms with Crippen molar-refractivity contribution in [3.63, 3.8) is 0 Å². The van der Waals surface area contributed by atoms with Gasteiger partial charge in [-0.15, -0.1) is 0 Å². The van der Waals surface area contributed by atoms with Crippen molar-refractivity contribution in [2.75, 3.05) is 34.3 Å². The molecule has 0 heterocycles. The minimum absolute atomic E-state index is 0.231. The van der Waals surface area contributed by atoms with E-state index in [1.165, 1.54) is 24.0 Å². The Morgan fingerprint density at radius 2 is 1.91 bits per heavy atom. The van der Waals surface area contributed by atoms with E-state index in [2.05, 4.69) is 62.9 Å². The van der Waals surface area contributed by atoms with E-state index in [9.17, 15) is 0 Å². The Hall–Kier alpha value is -1.06. The molecule has 124 valence electrons. The zero-order valence-corrected chi connectivity index (χ0v) is 15.1. The fourth-order valence-electron chi connectivity index (χ4n) is 3.24. The molecule has 0 spiro atoms. The molecule has 22 heavy (non-hydrogen) atoms. The molecule has 2 rings (SSSR count). The van der Waals surface area contributed by atoms with Crippen LogP contribution in [0.4, 0.5) is 0 Å². The molecular formula is C19H32N2O. The van der Waals surface area contributed by atoms with Gasteiger partial charge in [0.15, 0.2) is 0 Å².